The van der Waals surface area contributed by atoms with E-state index in [1.54, 1.807) is 36.4 Å². The van der Waals surface area contributed by atoms with Gasteiger partial charge in [-0.2, -0.15) is 8.42 Å². The SMILES string of the molecule is CC(=O)Nc1ccc(Nc2ccc(NC3CCCCC3)c3c2C(=O)c2cc(S(=O)(=O)O)ccc2C3=O)cc1. The van der Waals surface area contributed by atoms with Crippen molar-refractivity contribution in [2.45, 2.75) is 50.0 Å². The van der Waals surface area contributed by atoms with Crippen LogP contribution in [0.3, 0.4) is 0 Å². The Morgan fingerprint density at radius 3 is 2.08 bits per heavy atom. The Hall–Kier alpha value is -4.02. The van der Waals surface area contributed by atoms with Crippen LogP contribution in [0.1, 0.15) is 70.9 Å². The van der Waals surface area contributed by atoms with Crippen molar-refractivity contribution in [3.8, 4) is 0 Å². The van der Waals surface area contributed by atoms with Crippen molar-refractivity contribution in [3.63, 3.8) is 0 Å². The maximum Gasteiger partial charge on any atom is 0.294 e. The molecule has 0 heterocycles. The van der Waals surface area contributed by atoms with Crippen molar-refractivity contribution in [2.75, 3.05) is 16.0 Å². The van der Waals surface area contributed by atoms with E-state index in [1.165, 1.54) is 19.4 Å². The van der Waals surface area contributed by atoms with Gasteiger partial charge in [0.1, 0.15) is 0 Å². The van der Waals surface area contributed by atoms with E-state index in [-0.39, 0.29) is 34.2 Å². The molecule has 10 heteroatoms. The summed E-state index contributed by atoms with van der Waals surface area (Å²) in [5.74, 6) is -1.13. The first kappa shape index (κ1) is 25.6. The molecule has 0 aliphatic heterocycles. The second-order valence-electron chi connectivity index (χ2n) is 9.61. The molecule has 196 valence electrons. The van der Waals surface area contributed by atoms with E-state index in [1.807, 2.05) is 0 Å². The van der Waals surface area contributed by atoms with Crippen LogP contribution in [-0.4, -0.2) is 36.5 Å². The molecule has 2 aliphatic rings. The highest BCUT2D eigenvalue weighted by molar-refractivity contribution is 7.85. The van der Waals surface area contributed by atoms with E-state index in [4.69, 9.17) is 0 Å². The standard InChI is InChI=1S/C28H27N3O6S/c1-16(32)29-18-7-9-19(10-8-18)31-24-14-13-23(30-17-5-3-2-4-6-17)25-26(24)28(34)22-15-20(38(35,36)37)11-12-21(22)27(25)33/h7-15,17,30-31H,2-6H2,1H3,(H,29,32)(H,35,36,37). The van der Waals surface area contributed by atoms with Gasteiger partial charge in [-0.3, -0.25) is 18.9 Å². The third-order valence-corrected chi connectivity index (χ3v) is 7.74. The maximum absolute atomic E-state index is 13.8. The number of carbonyl (C=O) groups is 3. The van der Waals surface area contributed by atoms with Gasteiger partial charge >= 0.3 is 0 Å². The van der Waals surface area contributed by atoms with Crippen molar-refractivity contribution in [2.24, 2.45) is 0 Å². The van der Waals surface area contributed by atoms with Crippen molar-refractivity contribution in [3.05, 3.63) is 76.9 Å². The van der Waals surface area contributed by atoms with Gasteiger partial charge in [-0.15, -0.1) is 0 Å². The minimum Gasteiger partial charge on any atom is -0.382 e. The topological polar surface area (TPSA) is 142 Å². The smallest absolute Gasteiger partial charge is 0.294 e. The summed E-state index contributed by atoms with van der Waals surface area (Å²) >= 11 is 0. The minimum atomic E-state index is -4.57. The van der Waals surface area contributed by atoms with Crippen LogP contribution in [-0.2, 0) is 14.9 Å². The molecule has 0 saturated heterocycles. The highest BCUT2D eigenvalue weighted by atomic mass is 32.2. The molecule has 1 fully saturated rings. The van der Waals surface area contributed by atoms with Gasteiger partial charge in [0, 0.05) is 41.2 Å². The number of amides is 1. The lowest BCUT2D eigenvalue weighted by Gasteiger charge is -2.28. The zero-order valence-electron chi connectivity index (χ0n) is 20.7. The van der Waals surface area contributed by atoms with Gasteiger partial charge in [0.05, 0.1) is 21.7 Å². The Morgan fingerprint density at radius 2 is 1.42 bits per heavy atom. The Morgan fingerprint density at radius 1 is 0.816 bits per heavy atom. The highest BCUT2D eigenvalue weighted by Gasteiger charge is 2.35. The normalized spacial score (nSPS) is 15.4. The van der Waals surface area contributed by atoms with E-state index in [2.05, 4.69) is 16.0 Å². The van der Waals surface area contributed by atoms with Gasteiger partial charge in [-0.25, -0.2) is 0 Å². The van der Waals surface area contributed by atoms with Crippen molar-refractivity contribution in [1.82, 2.24) is 0 Å². The van der Waals surface area contributed by atoms with Crippen LogP contribution in [0.5, 0.6) is 0 Å². The molecule has 0 aromatic heterocycles. The molecule has 5 rings (SSSR count). The second kappa shape index (κ2) is 10.0. The summed E-state index contributed by atoms with van der Waals surface area (Å²) in [4.78, 5) is 38.4. The number of hydrogen-bond donors (Lipinski definition) is 4. The number of ketones is 2. The zero-order valence-corrected chi connectivity index (χ0v) is 21.5. The van der Waals surface area contributed by atoms with Gasteiger partial charge in [0.2, 0.25) is 5.91 Å². The van der Waals surface area contributed by atoms with Crippen LogP contribution in [0.4, 0.5) is 22.7 Å². The minimum absolute atomic E-state index is 0.0819. The molecule has 1 saturated carbocycles. The molecule has 0 unspecified atom stereocenters. The van der Waals surface area contributed by atoms with E-state index in [0.29, 0.717) is 22.7 Å². The first-order chi connectivity index (χ1) is 18.1. The van der Waals surface area contributed by atoms with E-state index < -0.39 is 26.6 Å². The van der Waals surface area contributed by atoms with Crippen LogP contribution in [0, 0.1) is 0 Å². The summed E-state index contributed by atoms with van der Waals surface area (Å²) in [6.07, 6.45) is 5.27. The molecular formula is C28H27N3O6S. The molecule has 4 N–H and O–H groups in total. The average molecular weight is 534 g/mol. The van der Waals surface area contributed by atoms with E-state index in [9.17, 15) is 27.4 Å². The van der Waals surface area contributed by atoms with Gasteiger partial charge < -0.3 is 16.0 Å². The summed E-state index contributed by atoms with van der Waals surface area (Å²) in [5.41, 5.74) is 2.51. The third kappa shape index (κ3) is 5.05. The van der Waals surface area contributed by atoms with Gasteiger partial charge in [-0.1, -0.05) is 19.3 Å². The lowest BCUT2D eigenvalue weighted by Crippen LogP contribution is -2.28. The first-order valence-electron chi connectivity index (χ1n) is 12.4. The Balaban J connectivity index is 1.59. The van der Waals surface area contributed by atoms with Crippen LogP contribution in [0.25, 0.3) is 0 Å². The van der Waals surface area contributed by atoms with Gasteiger partial charge in [0.25, 0.3) is 10.1 Å². The third-order valence-electron chi connectivity index (χ3n) is 6.89. The number of rotatable bonds is 6. The molecule has 2 aliphatic carbocycles. The Bertz CT molecular complexity index is 1560. The summed E-state index contributed by atoms with van der Waals surface area (Å²) in [6, 6.07) is 14.0. The molecule has 0 radical (unpaired) electrons. The zero-order chi connectivity index (χ0) is 27.0. The van der Waals surface area contributed by atoms with Crippen LogP contribution < -0.4 is 16.0 Å². The number of fused-ring (bicyclic) bond motifs is 2. The molecule has 1 amide bonds. The molecule has 3 aromatic rings. The first-order valence-corrected chi connectivity index (χ1v) is 13.8. The number of anilines is 4. The fourth-order valence-electron chi connectivity index (χ4n) is 5.10. The summed E-state index contributed by atoms with van der Waals surface area (Å²) in [5, 5.41) is 9.35. The second-order valence-corrected chi connectivity index (χ2v) is 11.0. The number of carbonyl (C=O) groups excluding carboxylic acids is 3. The largest absolute Gasteiger partial charge is 0.382 e. The molecule has 9 nitrogen and oxygen atoms in total. The Kier molecular flexibility index (Phi) is 6.77. The Labute approximate surface area is 220 Å². The summed E-state index contributed by atoms with van der Waals surface area (Å²) in [7, 11) is -4.57. The molecule has 3 aromatic carbocycles. The lowest BCUT2D eigenvalue weighted by molar-refractivity contribution is -0.114. The predicted molar refractivity (Wildman–Crippen MR) is 144 cm³/mol. The quantitative estimate of drug-likeness (QED) is 0.249. The predicted octanol–water partition coefficient (Wildman–Crippen LogP) is 5.16. The lowest BCUT2D eigenvalue weighted by atomic mass is 9.82. The molecule has 0 spiro atoms. The van der Waals surface area contributed by atoms with Gasteiger partial charge in [-0.05, 0) is 67.4 Å². The monoisotopic (exact) mass is 533 g/mol. The highest BCUT2D eigenvalue weighted by Crippen LogP contribution is 2.39. The number of hydrogen-bond acceptors (Lipinski definition) is 7. The average Bonchev–Trinajstić information content (AvgIpc) is 2.88. The molecular weight excluding hydrogens is 506 g/mol. The number of nitrogens with one attached hydrogen (secondary N) is 3. The van der Waals surface area contributed by atoms with Crippen molar-refractivity contribution >= 4 is 50.3 Å². The van der Waals surface area contributed by atoms with Crippen molar-refractivity contribution in [1.29, 1.82) is 0 Å². The summed E-state index contributed by atoms with van der Waals surface area (Å²) in [6.45, 7) is 1.41. The fourth-order valence-corrected chi connectivity index (χ4v) is 5.61. The van der Waals surface area contributed by atoms with Crippen LogP contribution in [0.15, 0.2) is 59.5 Å². The van der Waals surface area contributed by atoms with Gasteiger partial charge in [0.15, 0.2) is 11.6 Å². The van der Waals surface area contributed by atoms with E-state index in [0.717, 1.165) is 37.8 Å². The fraction of sp³-hybridized carbons (Fsp3) is 0.250. The molecule has 0 bridgehead atoms. The molecule has 0 atom stereocenters. The van der Waals surface area contributed by atoms with Crippen LogP contribution in [0.2, 0.25) is 0 Å². The van der Waals surface area contributed by atoms with Crippen LogP contribution >= 0.6 is 0 Å². The van der Waals surface area contributed by atoms with E-state index >= 15 is 0 Å². The summed E-state index contributed by atoms with van der Waals surface area (Å²) < 4.78 is 33.0. The molecule has 38 heavy (non-hydrogen) atoms. The van der Waals surface area contributed by atoms with Crippen molar-refractivity contribution < 1.29 is 27.4 Å². The number of benzene rings is 3. The maximum atomic E-state index is 13.8.